The van der Waals surface area contributed by atoms with Crippen LogP contribution in [-0.2, 0) is 0 Å². The molecule has 1 rings (SSSR count). The number of aliphatic hydroxyl groups excluding tert-OH is 1. The fourth-order valence-corrected chi connectivity index (χ4v) is 1.37. The minimum atomic E-state index is -0.493. The molecule has 2 N–H and O–H groups in total. The van der Waals surface area contributed by atoms with Gasteiger partial charge in [0.25, 0.3) is 5.91 Å². The maximum absolute atomic E-state index is 11.2. The zero-order valence-corrected chi connectivity index (χ0v) is 7.60. The van der Waals surface area contributed by atoms with Gasteiger partial charge in [-0.2, -0.15) is 11.3 Å². The van der Waals surface area contributed by atoms with Gasteiger partial charge < -0.3 is 10.4 Å². The van der Waals surface area contributed by atoms with Crippen LogP contribution in [0.3, 0.4) is 0 Å². The Morgan fingerprint density at radius 1 is 1.83 bits per heavy atom. The molecule has 66 valence electrons. The number of rotatable bonds is 3. The van der Waals surface area contributed by atoms with Crippen LogP contribution in [0.5, 0.6) is 0 Å². The third-order valence-corrected chi connectivity index (χ3v) is 2.02. The van der Waals surface area contributed by atoms with Crippen LogP contribution in [0.4, 0.5) is 0 Å². The molecule has 0 spiro atoms. The first-order chi connectivity index (χ1) is 5.70. The number of aliphatic hydroxyl groups is 1. The Balaban J connectivity index is 2.40. The van der Waals surface area contributed by atoms with Gasteiger partial charge in [-0.1, -0.05) is 0 Å². The van der Waals surface area contributed by atoms with Crippen LogP contribution >= 0.6 is 11.3 Å². The third-order valence-electron chi connectivity index (χ3n) is 1.34. The minimum Gasteiger partial charge on any atom is -0.392 e. The van der Waals surface area contributed by atoms with Gasteiger partial charge >= 0.3 is 0 Å². The van der Waals surface area contributed by atoms with E-state index in [9.17, 15) is 4.79 Å². The fraction of sp³-hybridized carbons (Fsp3) is 0.375. The molecule has 0 radical (unpaired) electrons. The summed E-state index contributed by atoms with van der Waals surface area (Å²) in [5.41, 5.74) is 0.653. The van der Waals surface area contributed by atoms with Crippen molar-refractivity contribution in [1.82, 2.24) is 5.32 Å². The second kappa shape index (κ2) is 4.23. The van der Waals surface area contributed by atoms with Crippen molar-refractivity contribution >= 4 is 17.2 Å². The van der Waals surface area contributed by atoms with Crippen molar-refractivity contribution in [2.24, 2.45) is 0 Å². The molecule has 1 aromatic rings. The van der Waals surface area contributed by atoms with Gasteiger partial charge in [0.05, 0.1) is 6.10 Å². The van der Waals surface area contributed by atoms with E-state index in [0.29, 0.717) is 12.1 Å². The molecule has 1 heterocycles. The van der Waals surface area contributed by atoms with Gasteiger partial charge in [0, 0.05) is 17.5 Å². The number of hydrogen-bond donors (Lipinski definition) is 2. The van der Waals surface area contributed by atoms with Crippen molar-refractivity contribution in [2.45, 2.75) is 13.0 Å². The molecule has 3 nitrogen and oxygen atoms in total. The monoisotopic (exact) mass is 185 g/mol. The van der Waals surface area contributed by atoms with E-state index in [1.165, 1.54) is 11.3 Å². The van der Waals surface area contributed by atoms with E-state index >= 15 is 0 Å². The standard InChI is InChI=1S/C8H11NO2S/c1-6(10)4-9-8(11)7-2-3-12-5-7/h2-3,5-6,10H,4H2,1H3,(H,9,11)/t6-/m1/s1. The third kappa shape index (κ3) is 2.64. The number of hydrogen-bond acceptors (Lipinski definition) is 3. The highest BCUT2D eigenvalue weighted by Crippen LogP contribution is 2.04. The van der Waals surface area contributed by atoms with Gasteiger partial charge in [-0.05, 0) is 18.4 Å². The number of amides is 1. The summed E-state index contributed by atoms with van der Waals surface area (Å²) in [4.78, 5) is 11.2. The lowest BCUT2D eigenvalue weighted by atomic mass is 10.3. The van der Waals surface area contributed by atoms with E-state index in [1.54, 1.807) is 18.4 Å². The van der Waals surface area contributed by atoms with Crippen molar-refractivity contribution in [2.75, 3.05) is 6.54 Å². The van der Waals surface area contributed by atoms with E-state index in [0.717, 1.165) is 0 Å². The van der Waals surface area contributed by atoms with Crippen molar-refractivity contribution in [3.8, 4) is 0 Å². The molecule has 0 unspecified atom stereocenters. The molecular formula is C8H11NO2S. The lowest BCUT2D eigenvalue weighted by Gasteiger charge is -2.04. The summed E-state index contributed by atoms with van der Waals surface area (Å²) in [6, 6.07) is 1.75. The number of thiophene rings is 1. The Kier molecular flexibility index (Phi) is 3.25. The second-order valence-corrected chi connectivity index (χ2v) is 3.35. The summed E-state index contributed by atoms with van der Waals surface area (Å²) >= 11 is 1.48. The van der Waals surface area contributed by atoms with Crippen LogP contribution in [0.25, 0.3) is 0 Å². The van der Waals surface area contributed by atoms with Crippen molar-refractivity contribution < 1.29 is 9.90 Å². The molecular weight excluding hydrogens is 174 g/mol. The summed E-state index contributed by atoms with van der Waals surface area (Å²) in [5.74, 6) is -0.128. The van der Waals surface area contributed by atoms with E-state index in [2.05, 4.69) is 5.32 Å². The molecule has 0 bridgehead atoms. The SMILES string of the molecule is C[C@@H](O)CNC(=O)c1ccsc1. The molecule has 0 saturated carbocycles. The number of carbonyl (C=O) groups is 1. The Labute approximate surface area is 75.0 Å². The van der Waals surface area contributed by atoms with E-state index < -0.39 is 6.10 Å². The Morgan fingerprint density at radius 2 is 2.58 bits per heavy atom. The number of nitrogens with one attached hydrogen (secondary N) is 1. The van der Waals surface area contributed by atoms with Gasteiger partial charge in [0.15, 0.2) is 0 Å². The largest absolute Gasteiger partial charge is 0.392 e. The first kappa shape index (κ1) is 9.22. The zero-order valence-electron chi connectivity index (χ0n) is 6.78. The Morgan fingerprint density at radius 3 is 3.08 bits per heavy atom. The first-order valence-corrected chi connectivity index (χ1v) is 4.63. The summed E-state index contributed by atoms with van der Waals surface area (Å²) in [6.07, 6.45) is -0.493. The minimum absolute atomic E-state index is 0.128. The van der Waals surface area contributed by atoms with Crippen LogP contribution in [0.2, 0.25) is 0 Å². The van der Waals surface area contributed by atoms with E-state index in [4.69, 9.17) is 5.11 Å². The molecule has 12 heavy (non-hydrogen) atoms. The van der Waals surface area contributed by atoms with Crippen LogP contribution in [0.15, 0.2) is 16.8 Å². The molecule has 0 saturated heterocycles. The molecule has 0 fully saturated rings. The summed E-state index contributed by atoms with van der Waals surface area (Å²) < 4.78 is 0. The summed E-state index contributed by atoms with van der Waals surface area (Å²) in [5, 5.41) is 15.1. The summed E-state index contributed by atoms with van der Waals surface area (Å²) in [7, 11) is 0. The highest BCUT2D eigenvalue weighted by atomic mass is 32.1. The van der Waals surface area contributed by atoms with Gasteiger partial charge in [0.1, 0.15) is 0 Å². The summed E-state index contributed by atoms with van der Waals surface area (Å²) in [6.45, 7) is 1.93. The molecule has 0 aromatic carbocycles. The van der Waals surface area contributed by atoms with Crippen molar-refractivity contribution in [3.63, 3.8) is 0 Å². The fourth-order valence-electron chi connectivity index (χ4n) is 0.736. The van der Waals surface area contributed by atoms with Crippen LogP contribution in [0.1, 0.15) is 17.3 Å². The molecule has 1 amide bonds. The Hall–Kier alpha value is -0.870. The first-order valence-electron chi connectivity index (χ1n) is 3.68. The smallest absolute Gasteiger partial charge is 0.252 e. The van der Waals surface area contributed by atoms with Gasteiger partial charge in [-0.25, -0.2) is 0 Å². The molecule has 0 aliphatic heterocycles. The molecule has 1 aromatic heterocycles. The molecule has 0 aliphatic rings. The molecule has 1 atom stereocenters. The Bertz CT molecular complexity index is 244. The highest BCUT2D eigenvalue weighted by Gasteiger charge is 2.05. The maximum Gasteiger partial charge on any atom is 0.252 e. The highest BCUT2D eigenvalue weighted by molar-refractivity contribution is 7.08. The van der Waals surface area contributed by atoms with Crippen LogP contribution < -0.4 is 5.32 Å². The van der Waals surface area contributed by atoms with Crippen molar-refractivity contribution in [3.05, 3.63) is 22.4 Å². The van der Waals surface area contributed by atoms with Crippen LogP contribution in [0, 0.1) is 0 Å². The van der Waals surface area contributed by atoms with E-state index in [-0.39, 0.29) is 5.91 Å². The predicted molar refractivity (Wildman–Crippen MR) is 48.3 cm³/mol. The predicted octanol–water partition coefficient (Wildman–Crippen LogP) is 0.859. The van der Waals surface area contributed by atoms with Crippen LogP contribution in [-0.4, -0.2) is 23.7 Å². The quantitative estimate of drug-likeness (QED) is 0.733. The van der Waals surface area contributed by atoms with E-state index in [1.807, 2.05) is 5.38 Å². The maximum atomic E-state index is 11.2. The number of carbonyl (C=O) groups excluding carboxylic acids is 1. The van der Waals surface area contributed by atoms with Crippen molar-refractivity contribution in [1.29, 1.82) is 0 Å². The van der Waals surface area contributed by atoms with Gasteiger partial charge in [-0.3, -0.25) is 4.79 Å². The normalized spacial score (nSPS) is 12.5. The topological polar surface area (TPSA) is 49.3 Å². The lowest BCUT2D eigenvalue weighted by Crippen LogP contribution is -2.30. The average molecular weight is 185 g/mol. The average Bonchev–Trinajstić information content (AvgIpc) is 2.51. The second-order valence-electron chi connectivity index (χ2n) is 2.57. The zero-order chi connectivity index (χ0) is 8.97. The molecule has 0 aliphatic carbocycles. The lowest BCUT2D eigenvalue weighted by molar-refractivity contribution is 0.0924. The molecule has 4 heteroatoms. The van der Waals surface area contributed by atoms with Gasteiger partial charge in [-0.15, -0.1) is 0 Å². The van der Waals surface area contributed by atoms with Gasteiger partial charge in [0.2, 0.25) is 0 Å².